The first-order valence-corrected chi connectivity index (χ1v) is 10.0. The maximum atomic E-state index is 12.2. The second-order valence-corrected chi connectivity index (χ2v) is 7.61. The molecule has 0 spiro atoms. The summed E-state index contributed by atoms with van der Waals surface area (Å²) in [6.07, 6.45) is 2.64. The summed E-state index contributed by atoms with van der Waals surface area (Å²) in [5.41, 5.74) is 0. The van der Waals surface area contributed by atoms with E-state index in [2.05, 4.69) is 22.1 Å². The zero-order chi connectivity index (χ0) is 17.2. The number of aliphatic imine (C=N–C) groups is 1. The molecule has 0 radical (unpaired) electrons. The van der Waals surface area contributed by atoms with E-state index in [1.54, 1.807) is 0 Å². The maximum Gasteiger partial charge on any atom is 0.193 e. The molecule has 5 nitrogen and oxygen atoms in total. The highest BCUT2D eigenvalue weighted by molar-refractivity contribution is 14.0. The van der Waals surface area contributed by atoms with Gasteiger partial charge in [0, 0.05) is 37.4 Å². The molecule has 7 heteroatoms. The fourth-order valence-electron chi connectivity index (χ4n) is 2.24. The Morgan fingerprint density at radius 3 is 2.72 bits per heavy atom. The molecule has 1 unspecified atom stereocenters. The van der Waals surface area contributed by atoms with Crippen molar-refractivity contribution in [3.63, 3.8) is 0 Å². The summed E-state index contributed by atoms with van der Waals surface area (Å²) in [5.74, 6) is 2.17. The summed E-state index contributed by atoms with van der Waals surface area (Å²) in [6.45, 7) is 5.81. The molecule has 0 amide bonds. The lowest BCUT2D eigenvalue weighted by atomic mass is 10.4. The van der Waals surface area contributed by atoms with Crippen LogP contribution in [0.1, 0.15) is 19.8 Å². The third-order valence-electron chi connectivity index (χ3n) is 3.86. The number of likely N-dealkylation sites (N-methyl/N-ethyl adjacent to an activating group) is 1. The van der Waals surface area contributed by atoms with E-state index in [-0.39, 0.29) is 24.0 Å². The first-order chi connectivity index (χ1) is 11.7. The van der Waals surface area contributed by atoms with Crippen molar-refractivity contribution in [3.8, 4) is 0 Å². The SMILES string of the molecule is CCNC(=NCCS(=O)c1ccccc1)N(C)CCOCC1CC1.I. The standard InChI is InChI=1S/C18H29N3O2S.HI/c1-3-19-18(21(2)12-13-23-15-16-9-10-16)20-11-14-24(22)17-7-5-4-6-8-17;/h4-8,16H,3,9-15H2,1-2H3,(H,19,20);1H. The number of benzene rings is 1. The Hall–Kier alpha value is -0.670. The molecule has 1 atom stereocenters. The van der Waals surface area contributed by atoms with E-state index < -0.39 is 10.8 Å². The number of nitrogens with zero attached hydrogens (tertiary/aromatic N) is 2. The van der Waals surface area contributed by atoms with Crippen molar-refractivity contribution in [2.75, 3.05) is 45.6 Å². The molecule has 0 aromatic heterocycles. The van der Waals surface area contributed by atoms with E-state index >= 15 is 0 Å². The Morgan fingerprint density at radius 1 is 1.36 bits per heavy atom. The minimum absolute atomic E-state index is 0. The average Bonchev–Trinajstić information content (AvgIpc) is 3.42. The summed E-state index contributed by atoms with van der Waals surface area (Å²) in [7, 11) is 1.01. The molecule has 1 fully saturated rings. The Balaban J connectivity index is 0.00000312. The van der Waals surface area contributed by atoms with E-state index in [9.17, 15) is 4.21 Å². The Kier molecular flexibility index (Phi) is 11.3. The van der Waals surface area contributed by atoms with Gasteiger partial charge in [0.25, 0.3) is 0 Å². The van der Waals surface area contributed by atoms with E-state index in [4.69, 9.17) is 4.74 Å². The van der Waals surface area contributed by atoms with Crippen LogP contribution in [0.3, 0.4) is 0 Å². The van der Waals surface area contributed by atoms with Crippen LogP contribution in [-0.4, -0.2) is 60.7 Å². The predicted octanol–water partition coefficient (Wildman–Crippen LogP) is 2.74. The molecule has 1 aromatic carbocycles. The number of ether oxygens (including phenoxy) is 1. The Bertz CT molecular complexity index is 538. The number of hydrogen-bond acceptors (Lipinski definition) is 3. The molecule has 0 saturated heterocycles. The highest BCUT2D eigenvalue weighted by atomic mass is 127. The van der Waals surface area contributed by atoms with Crippen molar-refractivity contribution in [2.45, 2.75) is 24.7 Å². The summed E-state index contributed by atoms with van der Waals surface area (Å²) in [6, 6.07) is 9.55. The van der Waals surface area contributed by atoms with Crippen molar-refractivity contribution < 1.29 is 8.95 Å². The van der Waals surface area contributed by atoms with E-state index in [1.807, 2.05) is 37.4 Å². The summed E-state index contributed by atoms with van der Waals surface area (Å²) < 4.78 is 17.9. The second kappa shape index (κ2) is 12.6. The number of guanidine groups is 1. The van der Waals surface area contributed by atoms with Crippen LogP contribution >= 0.6 is 24.0 Å². The van der Waals surface area contributed by atoms with Gasteiger partial charge in [0.2, 0.25) is 0 Å². The largest absolute Gasteiger partial charge is 0.379 e. The zero-order valence-corrected chi connectivity index (χ0v) is 18.3. The first-order valence-electron chi connectivity index (χ1n) is 8.71. The van der Waals surface area contributed by atoms with Gasteiger partial charge >= 0.3 is 0 Å². The van der Waals surface area contributed by atoms with Crippen molar-refractivity contribution in [1.29, 1.82) is 0 Å². The lowest BCUT2D eigenvalue weighted by Crippen LogP contribution is -2.40. The minimum atomic E-state index is -1.00. The van der Waals surface area contributed by atoms with Crippen LogP contribution in [0, 0.1) is 5.92 Å². The molecule has 0 bridgehead atoms. The molecule has 0 heterocycles. The second-order valence-electron chi connectivity index (χ2n) is 6.04. The first kappa shape index (κ1) is 22.4. The van der Waals surface area contributed by atoms with Gasteiger partial charge in [-0.25, -0.2) is 0 Å². The topological polar surface area (TPSA) is 53.9 Å². The zero-order valence-electron chi connectivity index (χ0n) is 15.1. The van der Waals surface area contributed by atoms with Crippen molar-refractivity contribution in [3.05, 3.63) is 30.3 Å². The highest BCUT2D eigenvalue weighted by Gasteiger charge is 2.21. The summed E-state index contributed by atoms with van der Waals surface area (Å²) in [5, 5.41) is 3.28. The Morgan fingerprint density at radius 2 is 2.08 bits per heavy atom. The quantitative estimate of drug-likeness (QED) is 0.243. The number of nitrogens with one attached hydrogen (secondary N) is 1. The summed E-state index contributed by atoms with van der Waals surface area (Å²) in [4.78, 5) is 7.52. The number of halogens is 1. The normalized spacial score (nSPS) is 15.4. The van der Waals surface area contributed by atoms with Gasteiger partial charge in [0.15, 0.2) is 5.96 Å². The van der Waals surface area contributed by atoms with Crippen LogP contribution in [0.25, 0.3) is 0 Å². The van der Waals surface area contributed by atoms with Gasteiger partial charge in [0.1, 0.15) is 0 Å². The molecule has 1 aromatic rings. The average molecular weight is 479 g/mol. The van der Waals surface area contributed by atoms with Gasteiger partial charge in [-0.1, -0.05) is 18.2 Å². The molecule has 25 heavy (non-hydrogen) atoms. The van der Waals surface area contributed by atoms with Gasteiger partial charge < -0.3 is 15.0 Å². The van der Waals surface area contributed by atoms with Crippen LogP contribution in [0.15, 0.2) is 40.2 Å². The van der Waals surface area contributed by atoms with Crippen molar-refractivity contribution in [2.24, 2.45) is 10.9 Å². The Labute approximate surface area is 171 Å². The van der Waals surface area contributed by atoms with E-state index in [0.29, 0.717) is 18.9 Å². The smallest absolute Gasteiger partial charge is 0.193 e. The van der Waals surface area contributed by atoms with Crippen molar-refractivity contribution >= 4 is 40.7 Å². The predicted molar refractivity (Wildman–Crippen MR) is 115 cm³/mol. The van der Waals surface area contributed by atoms with E-state index in [0.717, 1.165) is 36.5 Å². The van der Waals surface area contributed by atoms with Gasteiger partial charge in [-0.05, 0) is 37.8 Å². The van der Waals surface area contributed by atoms with Crippen LogP contribution in [-0.2, 0) is 15.5 Å². The summed E-state index contributed by atoms with van der Waals surface area (Å²) >= 11 is 0. The van der Waals surface area contributed by atoms with Crippen LogP contribution in [0.5, 0.6) is 0 Å². The highest BCUT2D eigenvalue weighted by Crippen LogP contribution is 2.28. The van der Waals surface area contributed by atoms with Crippen molar-refractivity contribution in [1.82, 2.24) is 10.2 Å². The van der Waals surface area contributed by atoms with Gasteiger partial charge in [-0.15, -0.1) is 24.0 Å². The lowest BCUT2D eigenvalue weighted by Gasteiger charge is -2.22. The number of rotatable bonds is 10. The number of hydrogen-bond donors (Lipinski definition) is 1. The lowest BCUT2D eigenvalue weighted by molar-refractivity contribution is 0.115. The van der Waals surface area contributed by atoms with E-state index in [1.165, 1.54) is 12.8 Å². The van der Waals surface area contributed by atoms with Gasteiger partial charge in [-0.2, -0.15) is 0 Å². The van der Waals surface area contributed by atoms with Crippen LogP contribution < -0.4 is 5.32 Å². The van der Waals surface area contributed by atoms with Crippen LogP contribution in [0.4, 0.5) is 0 Å². The monoisotopic (exact) mass is 479 g/mol. The molecule has 1 N–H and O–H groups in total. The minimum Gasteiger partial charge on any atom is -0.379 e. The molecular weight excluding hydrogens is 449 g/mol. The van der Waals surface area contributed by atoms with Gasteiger partial charge in [0.05, 0.1) is 24.0 Å². The fourth-order valence-corrected chi connectivity index (χ4v) is 3.19. The third kappa shape index (κ3) is 9.01. The fraction of sp³-hybridized carbons (Fsp3) is 0.611. The molecule has 1 aliphatic rings. The molecular formula is C18H30IN3O2S. The van der Waals surface area contributed by atoms with Gasteiger partial charge in [-0.3, -0.25) is 9.20 Å². The molecule has 1 aliphatic carbocycles. The maximum absolute atomic E-state index is 12.2. The van der Waals surface area contributed by atoms with Crippen LogP contribution in [0.2, 0.25) is 0 Å². The molecule has 0 aliphatic heterocycles. The molecule has 2 rings (SSSR count). The molecule has 142 valence electrons. The third-order valence-corrected chi connectivity index (χ3v) is 5.21. The molecule has 1 saturated carbocycles.